The molecule has 0 aliphatic carbocycles. The highest BCUT2D eigenvalue weighted by molar-refractivity contribution is 6.00. The van der Waals surface area contributed by atoms with E-state index in [1.165, 1.54) is 0 Å². The molecular weight excluding hydrogens is 422 g/mol. The van der Waals surface area contributed by atoms with Crippen LogP contribution in [0.15, 0.2) is 48.5 Å². The fraction of sp³-hybridized carbons (Fsp3) is 0.400. The van der Waals surface area contributed by atoms with Gasteiger partial charge in [0.2, 0.25) is 11.8 Å². The molecule has 33 heavy (non-hydrogen) atoms. The smallest absolute Gasteiger partial charge is 0.262 e. The van der Waals surface area contributed by atoms with Crippen LogP contribution in [0.2, 0.25) is 0 Å². The average molecular weight is 452 g/mol. The number of nitrogens with zero attached hydrogens (tertiary/aromatic N) is 1. The number of carbonyl (C=O) groups excluding carboxylic acids is 3. The molecule has 2 N–H and O–H groups in total. The Bertz CT molecular complexity index is 1000. The molecule has 2 heterocycles. The number of benzene rings is 2. The van der Waals surface area contributed by atoms with Gasteiger partial charge in [0.05, 0.1) is 12.0 Å². The standard InChI is InChI=1S/C25H29N3O5/c1-17-4-2-5-19(12-17)27-23(29)16-33-21-9-7-20(8-10-21)28-15-18(13-24(28)30)25(31)26-14-22-6-3-11-32-22/h2,4-5,7-10,12,18,22H,3,6,11,13-16H2,1H3,(H,26,31)(H,27,29)/t18-,22-/m1/s1. The van der Waals surface area contributed by atoms with Crippen molar-refractivity contribution in [2.45, 2.75) is 32.3 Å². The summed E-state index contributed by atoms with van der Waals surface area (Å²) in [4.78, 5) is 38.7. The molecule has 8 nitrogen and oxygen atoms in total. The van der Waals surface area contributed by atoms with Crippen LogP contribution in [0, 0.1) is 12.8 Å². The minimum atomic E-state index is -0.375. The lowest BCUT2D eigenvalue weighted by molar-refractivity contribution is -0.126. The molecule has 0 aromatic heterocycles. The Morgan fingerprint density at radius 3 is 2.73 bits per heavy atom. The number of amides is 3. The Balaban J connectivity index is 1.25. The monoisotopic (exact) mass is 451 g/mol. The largest absolute Gasteiger partial charge is 0.484 e. The third kappa shape index (κ3) is 6.10. The van der Waals surface area contributed by atoms with Crippen LogP contribution in [0.1, 0.15) is 24.8 Å². The van der Waals surface area contributed by atoms with Crippen molar-refractivity contribution in [3.8, 4) is 5.75 Å². The van der Waals surface area contributed by atoms with Crippen LogP contribution in [0.3, 0.4) is 0 Å². The number of anilines is 2. The van der Waals surface area contributed by atoms with E-state index in [0.717, 1.165) is 30.7 Å². The maximum absolute atomic E-state index is 12.5. The summed E-state index contributed by atoms with van der Waals surface area (Å²) < 4.78 is 11.1. The Morgan fingerprint density at radius 2 is 2.00 bits per heavy atom. The Morgan fingerprint density at radius 1 is 1.18 bits per heavy atom. The second-order valence-corrected chi connectivity index (χ2v) is 8.49. The third-order valence-corrected chi connectivity index (χ3v) is 5.84. The zero-order valence-corrected chi connectivity index (χ0v) is 18.7. The first kappa shape index (κ1) is 22.8. The lowest BCUT2D eigenvalue weighted by atomic mass is 10.1. The van der Waals surface area contributed by atoms with Crippen molar-refractivity contribution in [3.63, 3.8) is 0 Å². The Kier molecular flexibility index (Phi) is 7.24. The van der Waals surface area contributed by atoms with Gasteiger partial charge >= 0.3 is 0 Å². The quantitative estimate of drug-likeness (QED) is 0.643. The van der Waals surface area contributed by atoms with Gasteiger partial charge in [-0.3, -0.25) is 14.4 Å². The Hall–Kier alpha value is -3.39. The van der Waals surface area contributed by atoms with E-state index in [0.29, 0.717) is 24.5 Å². The van der Waals surface area contributed by atoms with E-state index in [1.54, 1.807) is 29.2 Å². The number of ether oxygens (including phenoxy) is 2. The van der Waals surface area contributed by atoms with E-state index in [2.05, 4.69) is 10.6 Å². The highest BCUT2D eigenvalue weighted by atomic mass is 16.5. The van der Waals surface area contributed by atoms with Gasteiger partial charge in [-0.1, -0.05) is 12.1 Å². The molecule has 2 aliphatic heterocycles. The minimum Gasteiger partial charge on any atom is -0.484 e. The zero-order chi connectivity index (χ0) is 23.2. The molecule has 0 spiro atoms. The maximum atomic E-state index is 12.5. The van der Waals surface area contributed by atoms with Gasteiger partial charge in [0, 0.05) is 37.5 Å². The molecule has 0 radical (unpaired) electrons. The second-order valence-electron chi connectivity index (χ2n) is 8.49. The summed E-state index contributed by atoms with van der Waals surface area (Å²) in [5, 5.41) is 5.71. The molecule has 2 aliphatic rings. The van der Waals surface area contributed by atoms with Crippen molar-refractivity contribution in [3.05, 3.63) is 54.1 Å². The third-order valence-electron chi connectivity index (χ3n) is 5.84. The van der Waals surface area contributed by atoms with Gasteiger partial charge in [0.15, 0.2) is 6.61 Å². The topological polar surface area (TPSA) is 97.0 Å². The molecule has 8 heteroatoms. The lowest BCUT2D eigenvalue weighted by Gasteiger charge is -2.18. The number of carbonyl (C=O) groups is 3. The van der Waals surface area contributed by atoms with Gasteiger partial charge in [-0.2, -0.15) is 0 Å². The van der Waals surface area contributed by atoms with Crippen molar-refractivity contribution < 1.29 is 23.9 Å². The molecule has 2 aromatic rings. The molecule has 0 unspecified atom stereocenters. The molecule has 174 valence electrons. The highest BCUT2D eigenvalue weighted by Gasteiger charge is 2.35. The number of hydrogen-bond acceptors (Lipinski definition) is 5. The van der Waals surface area contributed by atoms with E-state index in [-0.39, 0.29) is 42.8 Å². The van der Waals surface area contributed by atoms with Gasteiger partial charge in [-0.05, 0) is 61.7 Å². The first-order chi connectivity index (χ1) is 16.0. The van der Waals surface area contributed by atoms with Crippen LogP contribution < -0.4 is 20.3 Å². The van der Waals surface area contributed by atoms with Crippen LogP contribution in [0.25, 0.3) is 0 Å². The summed E-state index contributed by atoms with van der Waals surface area (Å²) in [5.74, 6) is -0.300. The van der Waals surface area contributed by atoms with Crippen molar-refractivity contribution in [1.82, 2.24) is 5.32 Å². The SMILES string of the molecule is Cc1cccc(NC(=O)COc2ccc(N3C[C@H](C(=O)NC[C@H]4CCCO4)CC3=O)cc2)c1. The van der Waals surface area contributed by atoms with Gasteiger partial charge in [0.25, 0.3) is 5.91 Å². The van der Waals surface area contributed by atoms with Crippen molar-refractivity contribution in [2.75, 3.05) is 36.5 Å². The second kappa shape index (κ2) is 10.5. The number of hydrogen-bond donors (Lipinski definition) is 2. The normalized spacial score (nSPS) is 20.0. The first-order valence-corrected chi connectivity index (χ1v) is 11.3. The van der Waals surface area contributed by atoms with Crippen LogP contribution in [-0.2, 0) is 19.1 Å². The van der Waals surface area contributed by atoms with Crippen LogP contribution in [-0.4, -0.2) is 50.1 Å². The number of rotatable bonds is 8. The fourth-order valence-electron chi connectivity index (χ4n) is 4.09. The predicted molar refractivity (Wildman–Crippen MR) is 124 cm³/mol. The molecular formula is C25H29N3O5. The first-order valence-electron chi connectivity index (χ1n) is 11.3. The number of aryl methyl sites for hydroxylation is 1. The summed E-state index contributed by atoms with van der Waals surface area (Å²) in [7, 11) is 0. The van der Waals surface area contributed by atoms with Crippen LogP contribution in [0.4, 0.5) is 11.4 Å². The Labute approximate surface area is 193 Å². The maximum Gasteiger partial charge on any atom is 0.262 e. The molecule has 2 aromatic carbocycles. The molecule has 2 atom stereocenters. The van der Waals surface area contributed by atoms with Crippen molar-refractivity contribution in [1.29, 1.82) is 0 Å². The van der Waals surface area contributed by atoms with Gasteiger partial charge in [-0.15, -0.1) is 0 Å². The molecule has 0 bridgehead atoms. The summed E-state index contributed by atoms with van der Waals surface area (Å²) >= 11 is 0. The van der Waals surface area contributed by atoms with Gasteiger partial charge in [-0.25, -0.2) is 0 Å². The van der Waals surface area contributed by atoms with E-state index in [1.807, 2.05) is 31.2 Å². The van der Waals surface area contributed by atoms with E-state index >= 15 is 0 Å². The molecule has 4 rings (SSSR count). The molecule has 2 fully saturated rings. The highest BCUT2D eigenvalue weighted by Crippen LogP contribution is 2.27. The molecule has 2 saturated heterocycles. The van der Waals surface area contributed by atoms with Crippen LogP contribution >= 0.6 is 0 Å². The summed E-state index contributed by atoms with van der Waals surface area (Å²) in [6.07, 6.45) is 2.24. The summed E-state index contributed by atoms with van der Waals surface area (Å²) in [6, 6.07) is 14.5. The minimum absolute atomic E-state index is 0.0774. The van der Waals surface area contributed by atoms with E-state index in [9.17, 15) is 14.4 Å². The van der Waals surface area contributed by atoms with Crippen LogP contribution in [0.5, 0.6) is 5.75 Å². The van der Waals surface area contributed by atoms with Gasteiger partial charge in [0.1, 0.15) is 5.75 Å². The van der Waals surface area contributed by atoms with Gasteiger partial charge < -0.3 is 25.0 Å². The number of nitrogens with one attached hydrogen (secondary N) is 2. The van der Waals surface area contributed by atoms with Crippen molar-refractivity contribution >= 4 is 29.1 Å². The summed E-state index contributed by atoms with van der Waals surface area (Å²) in [6.45, 7) is 3.41. The average Bonchev–Trinajstić information content (AvgIpc) is 3.46. The predicted octanol–water partition coefficient (Wildman–Crippen LogP) is 2.66. The van der Waals surface area contributed by atoms with Crippen molar-refractivity contribution in [2.24, 2.45) is 5.92 Å². The van der Waals surface area contributed by atoms with E-state index < -0.39 is 0 Å². The van der Waals surface area contributed by atoms with E-state index in [4.69, 9.17) is 9.47 Å². The lowest BCUT2D eigenvalue weighted by Crippen LogP contribution is -2.37. The fourth-order valence-corrected chi connectivity index (χ4v) is 4.09. The zero-order valence-electron chi connectivity index (χ0n) is 18.7. The molecule has 3 amide bonds. The summed E-state index contributed by atoms with van der Waals surface area (Å²) in [5.41, 5.74) is 2.48. The molecule has 0 saturated carbocycles.